The average molecular weight is 514 g/mol. The lowest BCUT2D eigenvalue weighted by Gasteiger charge is -2.08. The summed E-state index contributed by atoms with van der Waals surface area (Å²) in [4.78, 5) is 14.8. The Kier molecular flexibility index (Phi) is 9.58. The quantitative estimate of drug-likeness (QED) is 0.185. The molecule has 0 fully saturated rings. The molecule has 1 heterocycles. The van der Waals surface area contributed by atoms with Crippen molar-refractivity contribution in [2.45, 2.75) is 26.3 Å². The van der Waals surface area contributed by atoms with Crippen molar-refractivity contribution < 1.29 is 27.1 Å². The number of carbonyl (C=O) groups is 1. The molecular weight excluding hydrogens is 494 g/mol. The van der Waals surface area contributed by atoms with E-state index in [0.717, 1.165) is 18.2 Å². The third-order valence-corrected chi connectivity index (χ3v) is 5.03. The van der Waals surface area contributed by atoms with E-state index in [1.165, 1.54) is 48.5 Å². The monoisotopic (exact) mass is 513 g/mol. The Morgan fingerprint density at radius 3 is 2.31 bits per heavy atom. The number of halogens is 5. The molecule has 2 aromatic carbocycles. The van der Waals surface area contributed by atoms with Crippen LogP contribution in [0.3, 0.4) is 0 Å². The maximum atomic E-state index is 13.6. The highest BCUT2D eigenvalue weighted by Gasteiger charge is 2.10. The molecule has 32 heavy (non-hydrogen) atoms. The van der Waals surface area contributed by atoms with Gasteiger partial charge < -0.3 is 4.74 Å². The zero-order valence-corrected chi connectivity index (χ0v) is 18.8. The summed E-state index contributed by atoms with van der Waals surface area (Å²) in [6.07, 6.45) is 4.07. The van der Waals surface area contributed by atoms with E-state index in [1.54, 1.807) is 0 Å². The number of hydrogen-bond acceptors (Lipinski definition) is 4. The van der Waals surface area contributed by atoms with Crippen molar-refractivity contribution in [2.24, 2.45) is 0 Å². The van der Waals surface area contributed by atoms with Crippen LogP contribution in [0.1, 0.15) is 30.9 Å². The van der Waals surface area contributed by atoms with Gasteiger partial charge in [0.1, 0.15) is 48.2 Å². The summed E-state index contributed by atoms with van der Waals surface area (Å²) < 4.78 is 58.3. The Morgan fingerprint density at radius 1 is 1.12 bits per heavy atom. The molecule has 5 nitrogen and oxygen atoms in total. The summed E-state index contributed by atoms with van der Waals surface area (Å²) in [7, 11) is 0. The molecule has 0 N–H and O–H groups in total. The second-order valence-electron chi connectivity index (χ2n) is 6.68. The zero-order chi connectivity index (χ0) is 23.7. The van der Waals surface area contributed by atoms with Crippen LogP contribution in [0.25, 0.3) is 6.08 Å². The van der Waals surface area contributed by atoms with Crippen molar-refractivity contribution >= 4 is 28.0 Å². The zero-order valence-electron chi connectivity index (χ0n) is 17.2. The second kappa shape index (κ2) is 12.1. The number of rotatable bonds is 6. The fourth-order valence-corrected chi connectivity index (χ4v) is 2.89. The Morgan fingerprint density at radius 2 is 1.78 bits per heavy atom. The third kappa shape index (κ3) is 7.92. The number of allylic oxidation sites excluding steroid dienone is 1. The van der Waals surface area contributed by atoms with Crippen molar-refractivity contribution in [3.8, 4) is 0 Å². The smallest absolute Gasteiger partial charge is 0.307 e. The topological polar surface area (TPSA) is 57.0 Å². The SMILES string of the molecule is CC(=O)O/C(=C\c1ccc(F)cc1F)Cn1cncn1.CC(CBr)c1ccc(F)cc1F. The van der Waals surface area contributed by atoms with Crippen LogP contribution in [-0.2, 0) is 16.1 Å². The van der Waals surface area contributed by atoms with E-state index in [-0.39, 0.29) is 23.8 Å². The molecule has 0 aliphatic carbocycles. The summed E-state index contributed by atoms with van der Waals surface area (Å²) in [6, 6.07) is 6.81. The first kappa shape index (κ1) is 25.3. The molecule has 3 rings (SSSR count). The van der Waals surface area contributed by atoms with Gasteiger partial charge in [0.25, 0.3) is 0 Å². The van der Waals surface area contributed by atoms with E-state index in [4.69, 9.17) is 4.74 Å². The molecule has 0 amide bonds. The predicted molar refractivity (Wildman–Crippen MR) is 115 cm³/mol. The second-order valence-corrected chi connectivity index (χ2v) is 7.33. The first-order valence-electron chi connectivity index (χ1n) is 9.37. The molecule has 0 bridgehead atoms. The van der Waals surface area contributed by atoms with Gasteiger partial charge in [-0.05, 0) is 35.8 Å². The molecule has 0 radical (unpaired) electrons. The molecule has 0 saturated carbocycles. The van der Waals surface area contributed by atoms with Crippen molar-refractivity contribution in [1.29, 1.82) is 0 Å². The number of ether oxygens (including phenoxy) is 1. The van der Waals surface area contributed by atoms with Crippen LogP contribution >= 0.6 is 15.9 Å². The van der Waals surface area contributed by atoms with Crippen LogP contribution in [0.4, 0.5) is 17.6 Å². The minimum Gasteiger partial charge on any atom is -0.429 e. The molecule has 1 unspecified atom stereocenters. The number of alkyl halides is 1. The Balaban J connectivity index is 0.000000258. The number of esters is 1. The highest BCUT2D eigenvalue weighted by Crippen LogP contribution is 2.21. The highest BCUT2D eigenvalue weighted by molar-refractivity contribution is 9.09. The summed E-state index contributed by atoms with van der Waals surface area (Å²) in [5, 5.41) is 4.54. The lowest BCUT2D eigenvalue weighted by atomic mass is 10.0. The Labute approximate surface area is 190 Å². The Bertz CT molecular complexity index is 1080. The first-order chi connectivity index (χ1) is 15.2. The van der Waals surface area contributed by atoms with Gasteiger partial charge in [0.2, 0.25) is 0 Å². The van der Waals surface area contributed by atoms with E-state index < -0.39 is 29.2 Å². The van der Waals surface area contributed by atoms with E-state index in [2.05, 4.69) is 26.0 Å². The molecule has 3 aromatic rings. The fraction of sp³-hybridized carbons (Fsp3) is 0.227. The summed E-state index contributed by atoms with van der Waals surface area (Å²) >= 11 is 3.24. The van der Waals surface area contributed by atoms with Crippen molar-refractivity contribution in [3.05, 3.63) is 89.2 Å². The van der Waals surface area contributed by atoms with Gasteiger partial charge in [-0.15, -0.1) is 0 Å². The van der Waals surface area contributed by atoms with Crippen LogP contribution in [0.5, 0.6) is 0 Å². The van der Waals surface area contributed by atoms with Crippen LogP contribution in [-0.4, -0.2) is 26.1 Å². The third-order valence-electron chi connectivity index (χ3n) is 4.06. The Hall–Kier alpha value is -3.01. The standard InChI is InChI=1S/C13H11F2N3O2.C9H9BrF2/c1-9(19)20-12(6-18-8-16-7-17-18)4-10-2-3-11(14)5-13(10)15;1-6(5-10)8-3-2-7(11)4-9(8)12/h2-5,7-8H,6H2,1H3;2-4,6H,5H2,1H3/b12-4-;. The van der Waals surface area contributed by atoms with Crippen molar-refractivity contribution in [3.63, 3.8) is 0 Å². The van der Waals surface area contributed by atoms with Crippen LogP contribution in [0.15, 0.2) is 54.8 Å². The number of benzene rings is 2. The summed E-state index contributed by atoms with van der Waals surface area (Å²) in [6.45, 7) is 3.22. The maximum Gasteiger partial charge on any atom is 0.307 e. The van der Waals surface area contributed by atoms with E-state index in [9.17, 15) is 22.4 Å². The van der Waals surface area contributed by atoms with Crippen molar-refractivity contribution in [2.75, 3.05) is 5.33 Å². The van der Waals surface area contributed by atoms with E-state index >= 15 is 0 Å². The van der Waals surface area contributed by atoms with Crippen LogP contribution in [0, 0.1) is 23.3 Å². The number of carbonyl (C=O) groups excluding carboxylic acids is 1. The van der Waals surface area contributed by atoms with Gasteiger partial charge in [-0.3, -0.25) is 4.79 Å². The van der Waals surface area contributed by atoms with Gasteiger partial charge in [0.05, 0.1) is 0 Å². The first-order valence-corrected chi connectivity index (χ1v) is 10.5. The lowest BCUT2D eigenvalue weighted by molar-refractivity contribution is -0.137. The van der Waals surface area contributed by atoms with Gasteiger partial charge >= 0.3 is 5.97 Å². The van der Waals surface area contributed by atoms with Gasteiger partial charge in [-0.2, -0.15) is 5.10 Å². The maximum absolute atomic E-state index is 13.6. The number of hydrogen-bond donors (Lipinski definition) is 0. The normalized spacial score (nSPS) is 12.0. The largest absolute Gasteiger partial charge is 0.429 e. The van der Waals surface area contributed by atoms with Gasteiger partial charge in [0, 0.05) is 30.0 Å². The summed E-state index contributed by atoms with van der Waals surface area (Å²) in [5.41, 5.74) is 0.663. The lowest BCUT2D eigenvalue weighted by Crippen LogP contribution is -2.08. The minimum absolute atomic E-state index is 0.0746. The molecule has 0 saturated heterocycles. The van der Waals surface area contributed by atoms with Gasteiger partial charge in [-0.1, -0.05) is 28.9 Å². The summed E-state index contributed by atoms with van der Waals surface area (Å²) in [5.74, 6) is -2.71. The molecule has 170 valence electrons. The highest BCUT2D eigenvalue weighted by atomic mass is 79.9. The molecule has 1 aromatic heterocycles. The molecule has 0 aliphatic heterocycles. The van der Waals surface area contributed by atoms with Crippen LogP contribution < -0.4 is 0 Å². The van der Waals surface area contributed by atoms with Gasteiger partial charge in [-0.25, -0.2) is 27.2 Å². The van der Waals surface area contributed by atoms with E-state index in [1.807, 2.05) is 6.92 Å². The molecule has 0 spiro atoms. The van der Waals surface area contributed by atoms with Crippen LogP contribution in [0.2, 0.25) is 0 Å². The molecule has 0 aliphatic rings. The van der Waals surface area contributed by atoms with Gasteiger partial charge in [0.15, 0.2) is 0 Å². The fourth-order valence-electron chi connectivity index (χ4n) is 2.54. The molecule has 10 heteroatoms. The molecular formula is C22H20BrF4N3O2. The number of aromatic nitrogens is 3. The predicted octanol–water partition coefficient (Wildman–Crippen LogP) is 5.62. The van der Waals surface area contributed by atoms with Crippen molar-refractivity contribution in [1.82, 2.24) is 14.8 Å². The van der Waals surface area contributed by atoms with E-state index in [0.29, 0.717) is 10.9 Å². The average Bonchev–Trinajstić information content (AvgIpc) is 3.22. The minimum atomic E-state index is -0.742. The molecule has 1 atom stereocenters. The number of nitrogens with zero attached hydrogens (tertiary/aromatic N) is 3.